The van der Waals surface area contributed by atoms with Crippen LogP contribution in [0.15, 0.2) is 0 Å². The van der Waals surface area contributed by atoms with E-state index < -0.39 is 6.47 Å². The van der Waals surface area contributed by atoms with E-state index in [9.17, 15) is 0 Å². The summed E-state index contributed by atoms with van der Waals surface area (Å²) in [5.41, 5.74) is 0. The van der Waals surface area contributed by atoms with Gasteiger partial charge in [-0.2, -0.15) is 9.90 Å². The van der Waals surface area contributed by atoms with Crippen LogP contribution in [0.25, 0.3) is 0 Å². The maximum Gasteiger partial charge on any atom is 1.00 e. The summed E-state index contributed by atoms with van der Waals surface area (Å²) in [5, 5.41) is 8.25. The van der Waals surface area contributed by atoms with E-state index in [4.69, 9.17) is 9.90 Å². The average Bonchev–Trinajstić information content (AvgIpc) is 0.918. The molecule has 0 amide bonds. The molecule has 0 rings (SSSR count). The van der Waals surface area contributed by atoms with Crippen LogP contribution in [0.5, 0.6) is 0 Å². The van der Waals surface area contributed by atoms with Crippen LogP contribution < -0.4 is 34.7 Å². The van der Waals surface area contributed by atoms with E-state index in [0.717, 1.165) is 0 Å². The summed E-state index contributed by atoms with van der Waals surface area (Å²) >= 11 is 0. The minimum absolute atomic E-state index is 0. The Morgan fingerprint density at radius 3 is 1.60 bits per heavy atom. The van der Waals surface area contributed by atoms with Crippen molar-refractivity contribution in [3.63, 3.8) is 0 Å². The average molecular weight is 102 g/mol. The van der Waals surface area contributed by atoms with Crippen molar-refractivity contribution in [2.75, 3.05) is 0 Å². The van der Waals surface area contributed by atoms with Gasteiger partial charge in [-0.05, 0) is 0 Å². The number of carbonyl (C=O) groups excluding carboxylic acids is 1. The topological polar surface area (TPSA) is 40.1 Å². The van der Waals surface area contributed by atoms with Crippen molar-refractivity contribution in [2.45, 2.75) is 0 Å². The molecule has 0 aliphatic carbocycles. The molecule has 0 aliphatic rings. The van der Waals surface area contributed by atoms with Gasteiger partial charge in [-0.15, -0.1) is 0 Å². The van der Waals surface area contributed by atoms with Gasteiger partial charge in [0.05, 0.1) is 0 Å². The fourth-order valence-electron chi connectivity index (χ4n) is 0. The molecule has 0 aromatic rings. The summed E-state index contributed by atoms with van der Waals surface area (Å²) in [5.74, 6) is 0. The molecule has 0 fully saturated rings. The summed E-state index contributed by atoms with van der Waals surface area (Å²) in [6, 6.07) is 0. The number of carbonyl (C=O) groups is 1. The standard InChI is InChI=1S/CH2O2.Na.H3P/c2-1-3;;/h1H,(H,2,3);;1H3/q;+1;/p-1. The molecule has 1 unspecified atom stereocenters. The summed E-state index contributed by atoms with van der Waals surface area (Å²) in [7, 11) is 0. The molecule has 0 spiro atoms. The minimum atomic E-state index is -0.500. The third kappa shape index (κ3) is 50.9. The molecular formula is CH4NaO2P. The van der Waals surface area contributed by atoms with E-state index >= 15 is 0 Å². The van der Waals surface area contributed by atoms with Crippen LogP contribution >= 0.6 is 9.90 Å². The third-order valence-electron chi connectivity index (χ3n) is 0. The molecule has 26 valence electrons. The van der Waals surface area contributed by atoms with Crippen LogP contribution in [0.2, 0.25) is 0 Å². The van der Waals surface area contributed by atoms with E-state index in [1.807, 2.05) is 0 Å². The second-order valence-corrected chi connectivity index (χ2v) is 0.0962. The van der Waals surface area contributed by atoms with Crippen LogP contribution in [-0.2, 0) is 4.79 Å². The van der Waals surface area contributed by atoms with E-state index in [1.54, 1.807) is 0 Å². The molecule has 0 aromatic heterocycles. The SMILES string of the molecule is O=C[O-].P.[Na+]. The fraction of sp³-hybridized carbons (Fsp3) is 0. The zero-order valence-corrected chi connectivity index (χ0v) is 6.52. The Hall–Kier alpha value is 0.900. The van der Waals surface area contributed by atoms with E-state index in [0.29, 0.717) is 0 Å². The van der Waals surface area contributed by atoms with Crippen molar-refractivity contribution in [2.24, 2.45) is 0 Å². The van der Waals surface area contributed by atoms with Gasteiger partial charge >= 0.3 is 29.6 Å². The smallest absolute Gasteiger partial charge is 0.554 e. The van der Waals surface area contributed by atoms with E-state index in [-0.39, 0.29) is 39.5 Å². The Kier molecular flexibility index (Phi) is 69.5. The molecule has 0 N–H and O–H groups in total. The summed E-state index contributed by atoms with van der Waals surface area (Å²) in [4.78, 5) is 8.25. The third-order valence-corrected chi connectivity index (χ3v) is 0. The Balaban J connectivity index is -0.0000000200. The van der Waals surface area contributed by atoms with Gasteiger partial charge in [0.1, 0.15) is 0 Å². The van der Waals surface area contributed by atoms with E-state index in [2.05, 4.69) is 0 Å². The van der Waals surface area contributed by atoms with Crippen molar-refractivity contribution in [1.82, 2.24) is 0 Å². The number of hydrogen-bond acceptors (Lipinski definition) is 2. The first kappa shape index (κ1) is 16.8. The van der Waals surface area contributed by atoms with Crippen molar-refractivity contribution in [3.05, 3.63) is 0 Å². The van der Waals surface area contributed by atoms with Crippen molar-refractivity contribution < 1.29 is 39.5 Å². The molecule has 0 saturated heterocycles. The number of carboxylic acid groups (broad SMARTS) is 1. The van der Waals surface area contributed by atoms with Crippen molar-refractivity contribution in [1.29, 1.82) is 0 Å². The van der Waals surface area contributed by atoms with Crippen molar-refractivity contribution in [3.8, 4) is 0 Å². The Labute approximate surface area is 55.9 Å². The van der Waals surface area contributed by atoms with Gasteiger partial charge in [0.25, 0.3) is 0 Å². The Morgan fingerprint density at radius 1 is 1.60 bits per heavy atom. The zero-order chi connectivity index (χ0) is 2.71. The predicted molar refractivity (Wildman–Crippen MR) is 17.2 cm³/mol. The molecule has 4 heteroatoms. The molecule has 0 saturated carbocycles. The Morgan fingerprint density at radius 2 is 1.60 bits per heavy atom. The van der Waals surface area contributed by atoms with Crippen LogP contribution in [0, 0.1) is 0 Å². The Bertz CT molecular complexity index is 17.1. The van der Waals surface area contributed by atoms with Crippen LogP contribution in [0.4, 0.5) is 0 Å². The minimum Gasteiger partial charge on any atom is -0.554 e. The van der Waals surface area contributed by atoms with Crippen LogP contribution in [0.3, 0.4) is 0 Å². The van der Waals surface area contributed by atoms with E-state index in [1.165, 1.54) is 0 Å². The van der Waals surface area contributed by atoms with Gasteiger partial charge in [-0.25, -0.2) is 0 Å². The van der Waals surface area contributed by atoms with Crippen LogP contribution in [0.1, 0.15) is 0 Å². The number of hydrogen-bond donors (Lipinski definition) is 0. The monoisotopic (exact) mass is 102 g/mol. The molecule has 2 nitrogen and oxygen atoms in total. The molecule has 0 bridgehead atoms. The largest absolute Gasteiger partial charge is 1.00 e. The first-order valence-corrected chi connectivity index (χ1v) is 0.471. The maximum atomic E-state index is 8.25. The molecule has 1 atom stereocenters. The quantitative estimate of drug-likeness (QED) is 0.175. The summed E-state index contributed by atoms with van der Waals surface area (Å²) in [6.45, 7) is -0.500. The summed E-state index contributed by atoms with van der Waals surface area (Å²) in [6.07, 6.45) is 0. The maximum absolute atomic E-state index is 8.25. The second-order valence-electron chi connectivity index (χ2n) is 0.0962. The van der Waals surface area contributed by atoms with Gasteiger partial charge in [0.15, 0.2) is 0 Å². The molecule has 0 aromatic carbocycles. The fourth-order valence-corrected chi connectivity index (χ4v) is 0. The van der Waals surface area contributed by atoms with Gasteiger partial charge in [0.2, 0.25) is 0 Å². The number of rotatable bonds is 0. The molecule has 5 heavy (non-hydrogen) atoms. The molecular weight excluding hydrogens is 98.0 g/mol. The second kappa shape index (κ2) is 20.6. The predicted octanol–water partition coefficient (Wildman–Crippen LogP) is -4.57. The molecule has 0 aliphatic heterocycles. The van der Waals surface area contributed by atoms with Gasteiger partial charge < -0.3 is 9.90 Å². The van der Waals surface area contributed by atoms with Gasteiger partial charge in [0, 0.05) is 6.47 Å². The van der Waals surface area contributed by atoms with Gasteiger partial charge in [-0.1, -0.05) is 0 Å². The summed E-state index contributed by atoms with van der Waals surface area (Å²) < 4.78 is 0. The van der Waals surface area contributed by atoms with Gasteiger partial charge in [-0.3, -0.25) is 0 Å². The first-order valence-electron chi connectivity index (χ1n) is 0.471. The normalized spacial score (nSPS) is 2.40. The molecule has 0 heterocycles. The van der Waals surface area contributed by atoms with Crippen LogP contribution in [-0.4, -0.2) is 6.47 Å². The first-order chi connectivity index (χ1) is 1.41. The zero-order valence-electron chi connectivity index (χ0n) is 3.10. The van der Waals surface area contributed by atoms with Crippen molar-refractivity contribution >= 4 is 16.4 Å². The molecule has 0 radical (unpaired) electrons.